The van der Waals surface area contributed by atoms with Crippen LogP contribution in [0.1, 0.15) is 33.1 Å². The first kappa shape index (κ1) is 17.9. The first-order valence-electron chi connectivity index (χ1n) is 6.82. The maximum atomic E-state index is 10.6. The van der Waals surface area contributed by atoms with E-state index < -0.39 is 11.9 Å². The first-order valence-corrected chi connectivity index (χ1v) is 6.82. The smallest absolute Gasteiger partial charge is 0.307 e. The zero-order valence-corrected chi connectivity index (χ0v) is 11.8. The van der Waals surface area contributed by atoms with Crippen LogP contribution in [-0.2, 0) is 9.59 Å². The van der Waals surface area contributed by atoms with Crippen LogP contribution in [0.15, 0.2) is 0 Å². The Bertz CT molecular complexity index is 245. The summed E-state index contributed by atoms with van der Waals surface area (Å²) in [6.07, 6.45) is 3.05. The number of carboxylic acid groups (broad SMARTS) is 2. The number of hydrogen-bond acceptors (Lipinski definition) is 4. The lowest BCUT2D eigenvalue weighted by atomic mass is 10.1. The number of aliphatic carboxylic acids is 2. The van der Waals surface area contributed by atoms with Crippen molar-refractivity contribution in [3.8, 4) is 0 Å². The van der Waals surface area contributed by atoms with E-state index in [9.17, 15) is 9.59 Å². The highest BCUT2D eigenvalue weighted by Crippen LogP contribution is 1.96. The molecule has 0 fully saturated rings. The third kappa shape index (κ3) is 10.5. The molecule has 0 aromatic heterocycles. The Morgan fingerprint density at radius 1 is 0.842 bits per heavy atom. The molecule has 0 aliphatic heterocycles. The van der Waals surface area contributed by atoms with Gasteiger partial charge < -0.3 is 20.8 Å². The van der Waals surface area contributed by atoms with E-state index in [-0.39, 0.29) is 11.8 Å². The summed E-state index contributed by atoms with van der Waals surface area (Å²) in [5.41, 5.74) is 0. The van der Waals surface area contributed by atoms with Crippen molar-refractivity contribution >= 4 is 11.9 Å². The minimum absolute atomic E-state index is 0.348. The number of nitrogens with one attached hydrogen (secondary N) is 2. The summed E-state index contributed by atoms with van der Waals surface area (Å²) in [7, 11) is 0. The summed E-state index contributed by atoms with van der Waals surface area (Å²) in [6, 6.07) is 0. The van der Waals surface area contributed by atoms with Crippen LogP contribution in [0.25, 0.3) is 0 Å². The predicted octanol–water partition coefficient (Wildman–Crippen LogP) is 0.777. The van der Waals surface area contributed by atoms with Crippen LogP contribution in [0.2, 0.25) is 0 Å². The Balaban J connectivity index is 3.24. The van der Waals surface area contributed by atoms with Crippen LogP contribution in [0, 0.1) is 11.8 Å². The third-order valence-corrected chi connectivity index (χ3v) is 2.95. The molecule has 0 aliphatic carbocycles. The predicted molar refractivity (Wildman–Crippen MR) is 73.2 cm³/mol. The molecule has 0 amide bonds. The molecule has 19 heavy (non-hydrogen) atoms. The molecule has 6 nitrogen and oxygen atoms in total. The monoisotopic (exact) mass is 274 g/mol. The van der Waals surface area contributed by atoms with Crippen molar-refractivity contribution in [2.45, 2.75) is 33.1 Å². The average Bonchev–Trinajstić information content (AvgIpc) is 2.35. The zero-order chi connectivity index (χ0) is 14.7. The SMILES string of the molecule is CC(CNCCCCCNCC(C)C(=O)O)C(=O)O. The summed E-state index contributed by atoms with van der Waals surface area (Å²) in [4.78, 5) is 21.1. The van der Waals surface area contributed by atoms with Gasteiger partial charge >= 0.3 is 11.9 Å². The second kappa shape index (κ2) is 10.8. The topological polar surface area (TPSA) is 98.7 Å². The number of carboxylic acids is 2. The molecule has 0 saturated carbocycles. The highest BCUT2D eigenvalue weighted by molar-refractivity contribution is 5.70. The quantitative estimate of drug-likeness (QED) is 0.393. The lowest BCUT2D eigenvalue weighted by Crippen LogP contribution is -2.28. The largest absolute Gasteiger partial charge is 0.481 e. The molecule has 0 bridgehead atoms. The van der Waals surface area contributed by atoms with Gasteiger partial charge in [0.25, 0.3) is 0 Å². The van der Waals surface area contributed by atoms with E-state index in [0.29, 0.717) is 13.1 Å². The molecular formula is C13H26N2O4. The fraction of sp³-hybridized carbons (Fsp3) is 0.846. The molecule has 0 rings (SSSR count). The molecule has 2 atom stereocenters. The lowest BCUT2D eigenvalue weighted by Gasteiger charge is -2.09. The standard InChI is InChI=1S/C13H26N2O4/c1-10(12(16)17)8-14-6-4-3-5-7-15-9-11(2)13(18)19/h10-11,14-15H,3-9H2,1-2H3,(H,16,17)(H,18,19). The van der Waals surface area contributed by atoms with Gasteiger partial charge in [0.2, 0.25) is 0 Å². The number of carbonyl (C=O) groups is 2. The normalized spacial score (nSPS) is 14.0. The third-order valence-electron chi connectivity index (χ3n) is 2.95. The molecule has 0 saturated heterocycles. The Labute approximate surface area is 114 Å². The molecular weight excluding hydrogens is 248 g/mol. The van der Waals surface area contributed by atoms with Gasteiger partial charge in [0.05, 0.1) is 11.8 Å². The van der Waals surface area contributed by atoms with Gasteiger partial charge in [-0.05, 0) is 25.9 Å². The zero-order valence-electron chi connectivity index (χ0n) is 11.8. The van der Waals surface area contributed by atoms with E-state index >= 15 is 0 Å². The van der Waals surface area contributed by atoms with E-state index in [4.69, 9.17) is 10.2 Å². The van der Waals surface area contributed by atoms with Crippen LogP contribution >= 0.6 is 0 Å². The number of rotatable bonds is 12. The molecule has 112 valence electrons. The van der Waals surface area contributed by atoms with E-state index in [1.54, 1.807) is 13.8 Å². The van der Waals surface area contributed by atoms with Gasteiger partial charge in [0, 0.05) is 13.1 Å². The van der Waals surface area contributed by atoms with Gasteiger partial charge in [-0.25, -0.2) is 0 Å². The highest BCUT2D eigenvalue weighted by Gasteiger charge is 2.09. The summed E-state index contributed by atoms with van der Waals surface area (Å²) in [5, 5.41) is 23.6. The highest BCUT2D eigenvalue weighted by atomic mass is 16.4. The fourth-order valence-electron chi connectivity index (χ4n) is 1.49. The van der Waals surface area contributed by atoms with Gasteiger partial charge in [-0.2, -0.15) is 0 Å². The summed E-state index contributed by atoms with van der Waals surface area (Å²) in [5.74, 6) is -2.24. The van der Waals surface area contributed by atoms with Gasteiger partial charge in [-0.3, -0.25) is 9.59 Å². The van der Waals surface area contributed by atoms with Crippen molar-refractivity contribution in [2.75, 3.05) is 26.2 Å². The molecule has 0 radical (unpaired) electrons. The molecule has 0 aromatic carbocycles. The molecule has 0 heterocycles. The van der Waals surface area contributed by atoms with Crippen LogP contribution in [0.3, 0.4) is 0 Å². The van der Waals surface area contributed by atoms with Crippen LogP contribution < -0.4 is 10.6 Å². The number of unbranched alkanes of at least 4 members (excludes halogenated alkanes) is 2. The van der Waals surface area contributed by atoms with Crippen molar-refractivity contribution in [3.05, 3.63) is 0 Å². The van der Waals surface area contributed by atoms with Crippen LogP contribution in [0.5, 0.6) is 0 Å². The Hall–Kier alpha value is -1.14. The van der Waals surface area contributed by atoms with E-state index in [1.165, 1.54) is 0 Å². The maximum absolute atomic E-state index is 10.6. The molecule has 4 N–H and O–H groups in total. The van der Waals surface area contributed by atoms with Gasteiger partial charge in [0.1, 0.15) is 0 Å². The lowest BCUT2D eigenvalue weighted by molar-refractivity contribution is -0.141. The second-order valence-electron chi connectivity index (χ2n) is 4.95. The molecule has 0 aliphatic rings. The van der Waals surface area contributed by atoms with Crippen molar-refractivity contribution in [1.82, 2.24) is 10.6 Å². The summed E-state index contributed by atoms with van der Waals surface area (Å²) in [6.45, 7) is 6.02. The molecule has 6 heteroatoms. The summed E-state index contributed by atoms with van der Waals surface area (Å²) < 4.78 is 0. The molecule has 0 aromatic rings. The molecule has 0 spiro atoms. The van der Waals surface area contributed by atoms with E-state index in [1.807, 2.05) is 0 Å². The first-order chi connectivity index (χ1) is 8.95. The van der Waals surface area contributed by atoms with Gasteiger partial charge in [0.15, 0.2) is 0 Å². The van der Waals surface area contributed by atoms with Crippen molar-refractivity contribution in [3.63, 3.8) is 0 Å². The Kier molecular flexibility index (Phi) is 10.1. The average molecular weight is 274 g/mol. The number of hydrogen-bond donors (Lipinski definition) is 4. The van der Waals surface area contributed by atoms with E-state index in [0.717, 1.165) is 32.4 Å². The van der Waals surface area contributed by atoms with Crippen molar-refractivity contribution < 1.29 is 19.8 Å². The van der Waals surface area contributed by atoms with Crippen molar-refractivity contribution in [1.29, 1.82) is 0 Å². The summed E-state index contributed by atoms with van der Waals surface area (Å²) >= 11 is 0. The van der Waals surface area contributed by atoms with E-state index in [2.05, 4.69) is 10.6 Å². The Morgan fingerprint density at radius 3 is 1.53 bits per heavy atom. The fourth-order valence-corrected chi connectivity index (χ4v) is 1.49. The Morgan fingerprint density at radius 2 is 1.21 bits per heavy atom. The molecule has 2 unspecified atom stereocenters. The minimum atomic E-state index is -0.774. The second-order valence-corrected chi connectivity index (χ2v) is 4.95. The van der Waals surface area contributed by atoms with Gasteiger partial charge in [-0.15, -0.1) is 0 Å². The van der Waals surface area contributed by atoms with Crippen molar-refractivity contribution in [2.24, 2.45) is 11.8 Å². The van der Waals surface area contributed by atoms with Crippen LogP contribution in [0.4, 0.5) is 0 Å². The van der Waals surface area contributed by atoms with Crippen LogP contribution in [-0.4, -0.2) is 48.3 Å². The van der Waals surface area contributed by atoms with Gasteiger partial charge in [-0.1, -0.05) is 20.3 Å². The minimum Gasteiger partial charge on any atom is -0.481 e. The maximum Gasteiger partial charge on any atom is 0.307 e.